The van der Waals surface area contributed by atoms with E-state index in [-0.39, 0.29) is 16.1 Å². The molecule has 178 valence electrons. The molecule has 0 radical (unpaired) electrons. The zero-order valence-electron chi connectivity index (χ0n) is 19.2. The first-order chi connectivity index (χ1) is 16.8. The van der Waals surface area contributed by atoms with Crippen LogP contribution in [0.2, 0.25) is 0 Å². The highest BCUT2D eigenvalue weighted by Crippen LogP contribution is 2.36. The summed E-state index contributed by atoms with van der Waals surface area (Å²) in [5.74, 6) is -0.707. The lowest BCUT2D eigenvalue weighted by Gasteiger charge is -2.17. The summed E-state index contributed by atoms with van der Waals surface area (Å²) in [6.07, 6.45) is 1.85. The molecule has 0 spiro atoms. The lowest BCUT2D eigenvalue weighted by Crippen LogP contribution is -2.20. The van der Waals surface area contributed by atoms with Crippen molar-refractivity contribution in [1.29, 1.82) is 0 Å². The van der Waals surface area contributed by atoms with Crippen LogP contribution in [0.15, 0.2) is 95.9 Å². The molecule has 1 amide bonds. The Morgan fingerprint density at radius 2 is 1.46 bits per heavy atom. The molecule has 0 atom stereocenters. The van der Waals surface area contributed by atoms with Gasteiger partial charge in [-0.25, -0.2) is 8.42 Å². The summed E-state index contributed by atoms with van der Waals surface area (Å²) in [6.45, 7) is 2.07. The number of anilines is 1. The minimum Gasteiger partial charge on any atom is -0.366 e. The maximum Gasteiger partial charge on any atom is 0.261 e. The van der Waals surface area contributed by atoms with Crippen molar-refractivity contribution in [2.45, 2.75) is 24.7 Å². The number of aryl methyl sites for hydroxylation is 1. The van der Waals surface area contributed by atoms with E-state index in [0.717, 1.165) is 38.7 Å². The van der Waals surface area contributed by atoms with Gasteiger partial charge in [-0.15, -0.1) is 0 Å². The van der Waals surface area contributed by atoms with Gasteiger partial charge >= 0.3 is 0 Å². The van der Waals surface area contributed by atoms with E-state index in [1.54, 1.807) is 18.2 Å². The van der Waals surface area contributed by atoms with E-state index in [1.807, 2.05) is 72.8 Å². The number of hydrogen-bond acceptors (Lipinski definition) is 3. The quantitative estimate of drug-likeness (QED) is 0.228. The fourth-order valence-corrected chi connectivity index (χ4v) is 5.65. The Kier molecular flexibility index (Phi) is 7.57. The fourth-order valence-electron chi connectivity index (χ4n) is 3.93. The van der Waals surface area contributed by atoms with Gasteiger partial charge in [0, 0.05) is 9.13 Å². The monoisotopic (exact) mass is 596 g/mol. The van der Waals surface area contributed by atoms with Crippen LogP contribution in [-0.2, 0) is 16.4 Å². The lowest BCUT2D eigenvalue weighted by atomic mass is 9.97. The van der Waals surface area contributed by atoms with Gasteiger partial charge in [-0.3, -0.25) is 9.52 Å². The summed E-state index contributed by atoms with van der Waals surface area (Å²) < 4.78 is 30.0. The Labute approximate surface area is 219 Å². The van der Waals surface area contributed by atoms with Crippen LogP contribution >= 0.6 is 22.6 Å². The number of amides is 1. The third-order valence-electron chi connectivity index (χ3n) is 5.68. The Bertz CT molecular complexity index is 1450. The van der Waals surface area contributed by atoms with E-state index in [9.17, 15) is 13.2 Å². The van der Waals surface area contributed by atoms with Gasteiger partial charge in [-0.05, 0) is 75.5 Å². The van der Waals surface area contributed by atoms with Crippen molar-refractivity contribution >= 4 is 44.2 Å². The minimum absolute atomic E-state index is 0.116. The predicted molar refractivity (Wildman–Crippen MR) is 150 cm³/mol. The molecule has 0 unspecified atom stereocenters. The topological polar surface area (TPSA) is 89.3 Å². The Hall–Kier alpha value is -3.17. The van der Waals surface area contributed by atoms with Gasteiger partial charge in [-0.1, -0.05) is 80.1 Å². The van der Waals surface area contributed by atoms with Gasteiger partial charge in [0.15, 0.2) is 0 Å². The number of nitrogens with two attached hydrogens (primary N) is 1. The normalized spacial score (nSPS) is 11.3. The van der Waals surface area contributed by atoms with Crippen molar-refractivity contribution in [3.63, 3.8) is 0 Å². The van der Waals surface area contributed by atoms with Crippen LogP contribution in [0.5, 0.6) is 0 Å². The number of hydrogen-bond donors (Lipinski definition) is 2. The lowest BCUT2D eigenvalue weighted by molar-refractivity contribution is 0.100. The SMILES string of the molecule is CCCc1ccc(S(=O)(=O)Nc2c(C(N)=O)cc(I)cc2-c2ccc(-c3ccccc3)cc2)cc1. The molecule has 0 fully saturated rings. The third-order valence-corrected chi connectivity index (χ3v) is 7.67. The van der Waals surface area contributed by atoms with Crippen molar-refractivity contribution in [3.8, 4) is 22.3 Å². The van der Waals surface area contributed by atoms with E-state index < -0.39 is 15.9 Å². The molecule has 0 aromatic heterocycles. The summed E-state index contributed by atoms with van der Waals surface area (Å²) in [5.41, 5.74) is 10.5. The van der Waals surface area contributed by atoms with E-state index in [4.69, 9.17) is 5.73 Å². The smallest absolute Gasteiger partial charge is 0.261 e. The molecule has 0 aliphatic carbocycles. The van der Waals surface area contributed by atoms with E-state index in [0.29, 0.717) is 5.56 Å². The number of halogens is 1. The van der Waals surface area contributed by atoms with Gasteiger partial charge in [-0.2, -0.15) is 0 Å². The van der Waals surface area contributed by atoms with Gasteiger partial charge < -0.3 is 5.73 Å². The average molecular weight is 596 g/mol. The average Bonchev–Trinajstić information content (AvgIpc) is 2.86. The molecule has 3 N–H and O–H groups in total. The van der Waals surface area contributed by atoms with Crippen molar-refractivity contribution in [2.24, 2.45) is 5.73 Å². The number of rotatable bonds is 8. The van der Waals surface area contributed by atoms with Crippen molar-refractivity contribution in [2.75, 3.05) is 4.72 Å². The van der Waals surface area contributed by atoms with Crippen LogP contribution in [0.25, 0.3) is 22.3 Å². The van der Waals surface area contributed by atoms with Crippen LogP contribution in [0.4, 0.5) is 5.69 Å². The van der Waals surface area contributed by atoms with Crippen molar-refractivity contribution in [1.82, 2.24) is 0 Å². The number of carbonyl (C=O) groups is 1. The third kappa shape index (κ3) is 5.74. The molecule has 5 nitrogen and oxygen atoms in total. The zero-order valence-corrected chi connectivity index (χ0v) is 22.1. The zero-order chi connectivity index (χ0) is 25.0. The van der Waals surface area contributed by atoms with Crippen molar-refractivity contribution < 1.29 is 13.2 Å². The standard InChI is InChI=1S/C28H25IN2O3S/c1-2-6-19-9-15-24(16-10-19)35(33,34)31-27-25(17-23(29)18-26(27)28(30)32)22-13-11-21(12-14-22)20-7-4-3-5-8-20/h3-5,7-18,31H,2,6H2,1H3,(H2,30,32). The highest BCUT2D eigenvalue weighted by Gasteiger charge is 2.22. The molecule has 0 aliphatic rings. The summed E-state index contributed by atoms with van der Waals surface area (Å²) in [4.78, 5) is 12.4. The van der Waals surface area contributed by atoms with Gasteiger partial charge in [0.1, 0.15) is 0 Å². The minimum atomic E-state index is -3.96. The number of sulfonamides is 1. The first-order valence-corrected chi connectivity index (χ1v) is 13.8. The van der Waals surface area contributed by atoms with E-state index >= 15 is 0 Å². The number of benzene rings is 4. The predicted octanol–water partition coefficient (Wildman–Crippen LogP) is 6.48. The number of carbonyl (C=O) groups excluding carboxylic acids is 1. The molecule has 4 aromatic carbocycles. The van der Waals surface area contributed by atoms with Gasteiger partial charge in [0.05, 0.1) is 16.1 Å². The van der Waals surface area contributed by atoms with E-state index in [2.05, 4.69) is 34.2 Å². The molecular formula is C28H25IN2O3S. The molecule has 4 aromatic rings. The summed E-state index contributed by atoms with van der Waals surface area (Å²) >= 11 is 2.10. The second kappa shape index (κ2) is 10.6. The number of nitrogens with one attached hydrogen (secondary N) is 1. The number of primary amides is 1. The van der Waals surface area contributed by atoms with Crippen LogP contribution in [0.3, 0.4) is 0 Å². The second-order valence-electron chi connectivity index (χ2n) is 8.18. The van der Waals surface area contributed by atoms with Crippen LogP contribution in [-0.4, -0.2) is 14.3 Å². The molecule has 4 rings (SSSR count). The summed E-state index contributed by atoms with van der Waals surface area (Å²) in [7, 11) is -3.96. The van der Waals surface area contributed by atoms with Gasteiger partial charge in [0.25, 0.3) is 15.9 Å². The Morgan fingerprint density at radius 1 is 0.857 bits per heavy atom. The molecule has 0 aliphatic heterocycles. The second-order valence-corrected chi connectivity index (χ2v) is 11.1. The largest absolute Gasteiger partial charge is 0.366 e. The highest BCUT2D eigenvalue weighted by atomic mass is 127. The first-order valence-electron chi connectivity index (χ1n) is 11.2. The Morgan fingerprint density at radius 3 is 2.06 bits per heavy atom. The highest BCUT2D eigenvalue weighted by molar-refractivity contribution is 14.1. The molecule has 7 heteroatoms. The van der Waals surface area contributed by atoms with Crippen molar-refractivity contribution in [3.05, 3.63) is 106 Å². The molecule has 0 heterocycles. The summed E-state index contributed by atoms with van der Waals surface area (Å²) in [6, 6.07) is 27.9. The van der Waals surface area contributed by atoms with Crippen LogP contribution < -0.4 is 10.5 Å². The fraction of sp³-hybridized carbons (Fsp3) is 0.107. The van der Waals surface area contributed by atoms with Crippen LogP contribution in [0.1, 0.15) is 29.3 Å². The molecule has 0 saturated carbocycles. The van der Waals surface area contributed by atoms with Gasteiger partial charge in [0.2, 0.25) is 0 Å². The molecule has 0 bridgehead atoms. The molecule has 0 saturated heterocycles. The Balaban J connectivity index is 1.77. The molecule has 35 heavy (non-hydrogen) atoms. The molecular weight excluding hydrogens is 571 g/mol. The maximum absolute atomic E-state index is 13.3. The first kappa shape index (κ1) is 24.9. The van der Waals surface area contributed by atoms with E-state index in [1.165, 1.54) is 0 Å². The van der Waals surface area contributed by atoms with Crippen LogP contribution in [0, 0.1) is 3.57 Å². The maximum atomic E-state index is 13.3. The summed E-state index contributed by atoms with van der Waals surface area (Å²) in [5, 5.41) is 0.